The largest absolute Gasteiger partial charge is 0.493 e. The predicted molar refractivity (Wildman–Crippen MR) is 77.1 cm³/mol. The average Bonchev–Trinajstić information content (AvgIpc) is 2.46. The normalized spacial score (nSPS) is 10.4. The fourth-order valence-corrected chi connectivity index (χ4v) is 2.01. The first-order valence-corrected chi connectivity index (χ1v) is 6.61. The van der Waals surface area contributed by atoms with Gasteiger partial charge in [-0.15, -0.1) is 0 Å². The molecule has 1 aromatic carbocycles. The molecule has 3 nitrogen and oxygen atoms in total. The summed E-state index contributed by atoms with van der Waals surface area (Å²) in [4.78, 5) is 4.01. The molecule has 0 aliphatic carbocycles. The number of hydrogen-bond acceptors (Lipinski definition) is 3. The molecule has 100 valence electrons. The third-order valence-electron chi connectivity index (χ3n) is 3.09. The van der Waals surface area contributed by atoms with E-state index in [9.17, 15) is 0 Å². The molecule has 0 unspecified atom stereocenters. The third-order valence-corrected chi connectivity index (χ3v) is 3.09. The molecule has 19 heavy (non-hydrogen) atoms. The summed E-state index contributed by atoms with van der Waals surface area (Å²) in [6.07, 6.45) is 5.67. The first kappa shape index (κ1) is 13.6. The summed E-state index contributed by atoms with van der Waals surface area (Å²) in [5.41, 5.74) is 9.19. The number of aryl methyl sites for hydroxylation is 2. The molecular formula is C16H20N2O. The van der Waals surface area contributed by atoms with Crippen LogP contribution in [0, 0.1) is 6.92 Å². The average molecular weight is 256 g/mol. The zero-order valence-corrected chi connectivity index (χ0v) is 11.3. The van der Waals surface area contributed by atoms with E-state index in [1.165, 1.54) is 5.56 Å². The molecule has 0 amide bonds. The Bertz CT molecular complexity index is 511. The van der Waals surface area contributed by atoms with E-state index in [4.69, 9.17) is 10.5 Å². The third kappa shape index (κ3) is 4.07. The van der Waals surface area contributed by atoms with Crippen molar-refractivity contribution in [1.82, 2.24) is 4.98 Å². The van der Waals surface area contributed by atoms with E-state index < -0.39 is 0 Å². The van der Waals surface area contributed by atoms with Crippen molar-refractivity contribution < 1.29 is 4.74 Å². The van der Waals surface area contributed by atoms with Crippen LogP contribution in [0.2, 0.25) is 0 Å². The number of aromatic nitrogens is 1. The first-order valence-electron chi connectivity index (χ1n) is 6.61. The highest BCUT2D eigenvalue weighted by Gasteiger charge is 2.00. The standard InChI is InChI=1S/C16H20N2O/c1-13-11-15(12-17)4-5-16(13)19-10-2-3-14-6-8-18-9-7-14/h4-9,11H,2-3,10,12,17H2,1H3. The van der Waals surface area contributed by atoms with Crippen molar-refractivity contribution in [3.8, 4) is 5.75 Å². The molecule has 0 atom stereocenters. The van der Waals surface area contributed by atoms with Gasteiger partial charge in [0.15, 0.2) is 0 Å². The van der Waals surface area contributed by atoms with Gasteiger partial charge in [-0.3, -0.25) is 4.98 Å². The van der Waals surface area contributed by atoms with Crippen LogP contribution in [0.15, 0.2) is 42.7 Å². The van der Waals surface area contributed by atoms with Gasteiger partial charge in [-0.1, -0.05) is 12.1 Å². The second-order valence-corrected chi connectivity index (χ2v) is 4.61. The maximum atomic E-state index is 5.80. The van der Waals surface area contributed by atoms with Gasteiger partial charge < -0.3 is 10.5 Å². The lowest BCUT2D eigenvalue weighted by Gasteiger charge is -2.10. The summed E-state index contributed by atoms with van der Waals surface area (Å²) in [5, 5.41) is 0. The molecule has 2 rings (SSSR count). The molecule has 1 aromatic heterocycles. The monoisotopic (exact) mass is 256 g/mol. The number of ether oxygens (including phenoxy) is 1. The van der Waals surface area contributed by atoms with Crippen molar-refractivity contribution in [2.45, 2.75) is 26.3 Å². The molecule has 0 saturated carbocycles. The van der Waals surface area contributed by atoms with Crippen molar-refractivity contribution >= 4 is 0 Å². The molecule has 1 heterocycles. The van der Waals surface area contributed by atoms with Gasteiger partial charge in [-0.2, -0.15) is 0 Å². The zero-order valence-electron chi connectivity index (χ0n) is 11.3. The topological polar surface area (TPSA) is 48.1 Å². The Balaban J connectivity index is 1.80. The highest BCUT2D eigenvalue weighted by Crippen LogP contribution is 2.19. The molecule has 2 aromatic rings. The quantitative estimate of drug-likeness (QED) is 0.808. The molecule has 0 bridgehead atoms. The van der Waals surface area contributed by atoms with Crippen LogP contribution in [0.25, 0.3) is 0 Å². The highest BCUT2D eigenvalue weighted by atomic mass is 16.5. The van der Waals surface area contributed by atoms with Crippen molar-refractivity contribution in [2.75, 3.05) is 6.61 Å². The van der Waals surface area contributed by atoms with Gasteiger partial charge in [0.1, 0.15) is 5.75 Å². The second kappa shape index (κ2) is 6.90. The van der Waals surface area contributed by atoms with Crippen LogP contribution in [-0.4, -0.2) is 11.6 Å². The maximum Gasteiger partial charge on any atom is 0.122 e. The van der Waals surface area contributed by atoms with Crippen LogP contribution in [0.1, 0.15) is 23.1 Å². The van der Waals surface area contributed by atoms with Gasteiger partial charge in [0.25, 0.3) is 0 Å². The minimum absolute atomic E-state index is 0.573. The van der Waals surface area contributed by atoms with Crippen molar-refractivity contribution in [3.63, 3.8) is 0 Å². The molecule has 0 saturated heterocycles. The van der Waals surface area contributed by atoms with E-state index in [-0.39, 0.29) is 0 Å². The lowest BCUT2D eigenvalue weighted by molar-refractivity contribution is 0.309. The van der Waals surface area contributed by atoms with Crippen LogP contribution >= 0.6 is 0 Å². The summed E-state index contributed by atoms with van der Waals surface area (Å²) in [5.74, 6) is 0.951. The zero-order chi connectivity index (χ0) is 13.5. The van der Waals surface area contributed by atoms with E-state index in [1.807, 2.05) is 36.7 Å². The first-order chi connectivity index (χ1) is 9.29. The number of pyridine rings is 1. The van der Waals surface area contributed by atoms with Crippen molar-refractivity contribution in [2.24, 2.45) is 5.73 Å². The number of nitrogens with zero attached hydrogens (tertiary/aromatic N) is 1. The molecule has 0 aliphatic rings. The molecule has 3 heteroatoms. The van der Waals surface area contributed by atoms with Gasteiger partial charge in [-0.25, -0.2) is 0 Å². The van der Waals surface area contributed by atoms with E-state index in [0.29, 0.717) is 6.54 Å². The fraction of sp³-hybridized carbons (Fsp3) is 0.312. The smallest absolute Gasteiger partial charge is 0.122 e. The summed E-state index contributed by atoms with van der Waals surface area (Å²) in [6.45, 7) is 3.35. The van der Waals surface area contributed by atoms with Gasteiger partial charge >= 0.3 is 0 Å². The molecule has 0 fully saturated rings. The van der Waals surface area contributed by atoms with Gasteiger partial charge in [-0.05, 0) is 54.7 Å². The lowest BCUT2D eigenvalue weighted by Crippen LogP contribution is -2.02. The number of hydrogen-bond donors (Lipinski definition) is 1. The molecule has 2 N–H and O–H groups in total. The maximum absolute atomic E-state index is 5.80. The van der Waals surface area contributed by atoms with E-state index >= 15 is 0 Å². The predicted octanol–water partition coefficient (Wildman–Crippen LogP) is 2.86. The fourth-order valence-electron chi connectivity index (χ4n) is 2.01. The lowest BCUT2D eigenvalue weighted by atomic mass is 10.1. The number of nitrogens with two attached hydrogens (primary N) is 1. The minimum atomic E-state index is 0.573. The Morgan fingerprint density at radius 3 is 2.58 bits per heavy atom. The summed E-state index contributed by atoms with van der Waals surface area (Å²) in [7, 11) is 0. The van der Waals surface area contributed by atoms with Crippen LogP contribution in [0.3, 0.4) is 0 Å². The Hall–Kier alpha value is -1.87. The van der Waals surface area contributed by atoms with E-state index in [1.54, 1.807) is 0 Å². The van der Waals surface area contributed by atoms with Gasteiger partial charge in [0, 0.05) is 18.9 Å². The number of benzene rings is 1. The Kier molecular flexibility index (Phi) is 4.93. The summed E-state index contributed by atoms with van der Waals surface area (Å²) >= 11 is 0. The molecular weight excluding hydrogens is 236 g/mol. The highest BCUT2D eigenvalue weighted by molar-refractivity contribution is 5.36. The Morgan fingerprint density at radius 2 is 1.89 bits per heavy atom. The summed E-state index contributed by atoms with van der Waals surface area (Å²) in [6, 6.07) is 10.2. The van der Waals surface area contributed by atoms with Crippen LogP contribution < -0.4 is 10.5 Å². The molecule has 0 spiro atoms. The Morgan fingerprint density at radius 1 is 1.11 bits per heavy atom. The van der Waals surface area contributed by atoms with Crippen molar-refractivity contribution in [3.05, 3.63) is 59.4 Å². The van der Waals surface area contributed by atoms with Crippen LogP contribution in [0.5, 0.6) is 5.75 Å². The van der Waals surface area contributed by atoms with Crippen molar-refractivity contribution in [1.29, 1.82) is 0 Å². The van der Waals surface area contributed by atoms with Crippen LogP contribution in [0.4, 0.5) is 0 Å². The molecule has 0 aliphatic heterocycles. The molecule has 0 radical (unpaired) electrons. The summed E-state index contributed by atoms with van der Waals surface area (Å²) < 4.78 is 5.80. The van der Waals surface area contributed by atoms with E-state index in [0.717, 1.165) is 36.3 Å². The van der Waals surface area contributed by atoms with Crippen LogP contribution in [-0.2, 0) is 13.0 Å². The Labute approximate surface area is 114 Å². The van der Waals surface area contributed by atoms with Gasteiger partial charge in [0.2, 0.25) is 0 Å². The van der Waals surface area contributed by atoms with E-state index in [2.05, 4.69) is 18.0 Å². The minimum Gasteiger partial charge on any atom is -0.493 e. The second-order valence-electron chi connectivity index (χ2n) is 4.61. The number of rotatable bonds is 6. The van der Waals surface area contributed by atoms with Gasteiger partial charge in [0.05, 0.1) is 6.61 Å². The SMILES string of the molecule is Cc1cc(CN)ccc1OCCCc1ccncc1.